The molecule has 5 nitrogen and oxygen atoms in total. The summed E-state index contributed by atoms with van der Waals surface area (Å²) in [5, 5.41) is 12.6. The monoisotopic (exact) mass is 417 g/mol. The van der Waals surface area contributed by atoms with Gasteiger partial charge in [0.1, 0.15) is 5.69 Å². The minimum Gasteiger partial charge on any atom is -0.477 e. The van der Waals surface area contributed by atoms with E-state index in [1.807, 2.05) is 48.8 Å². The van der Waals surface area contributed by atoms with Crippen molar-refractivity contribution in [3.8, 4) is 22.4 Å². The normalized spacial score (nSPS) is 11.7. The lowest BCUT2D eigenvalue weighted by atomic mass is 9.89. The molecular formula is C24H20ClN3O2. The van der Waals surface area contributed by atoms with Crippen LogP contribution in [0.5, 0.6) is 0 Å². The molecule has 0 aliphatic heterocycles. The van der Waals surface area contributed by atoms with Crippen LogP contribution in [-0.4, -0.2) is 26.0 Å². The van der Waals surface area contributed by atoms with Gasteiger partial charge in [-0.25, -0.2) is 4.79 Å². The first-order chi connectivity index (χ1) is 14.5. The second kappa shape index (κ2) is 6.82. The number of hydrogen-bond acceptors (Lipinski definition) is 1. The van der Waals surface area contributed by atoms with Crippen molar-refractivity contribution in [2.45, 2.75) is 19.8 Å². The fourth-order valence-electron chi connectivity index (χ4n) is 4.31. The number of fused-ring (bicyclic) bond motifs is 2. The van der Waals surface area contributed by atoms with Crippen LogP contribution in [0, 0.1) is 0 Å². The predicted molar refractivity (Wildman–Crippen MR) is 121 cm³/mol. The summed E-state index contributed by atoms with van der Waals surface area (Å²) >= 11 is 6.64. The molecule has 6 heteroatoms. The maximum Gasteiger partial charge on any atom is 0.352 e. The number of carboxylic acid groups (broad SMARTS) is 1. The van der Waals surface area contributed by atoms with Gasteiger partial charge in [0.2, 0.25) is 0 Å². The second-order valence-electron chi connectivity index (χ2n) is 7.76. The topological polar surface area (TPSA) is 84.7 Å². The Balaban J connectivity index is 1.88. The minimum absolute atomic E-state index is 0.0755. The van der Waals surface area contributed by atoms with Gasteiger partial charge < -0.3 is 20.1 Å². The summed E-state index contributed by atoms with van der Waals surface area (Å²) in [5.41, 5.74) is 6.18. The highest BCUT2D eigenvalue weighted by molar-refractivity contribution is 6.35. The number of benzene rings is 2. The maximum atomic E-state index is 12.3. The van der Waals surface area contributed by atoms with Crippen molar-refractivity contribution >= 4 is 39.4 Å². The lowest BCUT2D eigenvalue weighted by Crippen LogP contribution is -2.00. The van der Waals surface area contributed by atoms with Crippen molar-refractivity contribution in [2.75, 3.05) is 0 Å². The van der Waals surface area contributed by atoms with Crippen molar-refractivity contribution in [3.05, 3.63) is 71.1 Å². The number of carboxylic acids is 1. The minimum atomic E-state index is -1.01. The fourth-order valence-corrected chi connectivity index (χ4v) is 4.57. The van der Waals surface area contributed by atoms with Gasteiger partial charge in [0.25, 0.3) is 0 Å². The lowest BCUT2D eigenvalue weighted by Gasteiger charge is -2.14. The standard InChI is InChI=1S/C24H20ClN3O2/c1-12(2)19-21(20-15-8-10-27-18(15)6-4-16(20)25)23(24(29)30)28-22(19)14-3-5-17-13(11-14)7-9-26-17/h3-12,26-28H,1-2H3,(H,29,30). The number of aromatic amines is 3. The summed E-state index contributed by atoms with van der Waals surface area (Å²) in [6, 6.07) is 13.7. The molecule has 30 heavy (non-hydrogen) atoms. The highest BCUT2D eigenvalue weighted by atomic mass is 35.5. The fraction of sp³-hybridized carbons (Fsp3) is 0.125. The number of aromatic nitrogens is 3. The first-order valence-electron chi connectivity index (χ1n) is 9.78. The molecule has 4 N–H and O–H groups in total. The quantitative estimate of drug-likeness (QED) is 0.259. The van der Waals surface area contributed by atoms with Crippen molar-refractivity contribution < 1.29 is 9.90 Å². The first kappa shape index (κ1) is 18.6. The maximum absolute atomic E-state index is 12.3. The summed E-state index contributed by atoms with van der Waals surface area (Å²) in [5.74, 6) is -0.934. The highest BCUT2D eigenvalue weighted by Crippen LogP contribution is 2.45. The Hall–Kier alpha value is -3.44. The van der Waals surface area contributed by atoms with E-state index < -0.39 is 5.97 Å². The number of rotatable bonds is 4. The molecule has 5 rings (SSSR count). The zero-order valence-electron chi connectivity index (χ0n) is 16.5. The van der Waals surface area contributed by atoms with Crippen LogP contribution in [0.25, 0.3) is 44.2 Å². The Labute approximate surface area is 177 Å². The molecular weight excluding hydrogens is 398 g/mol. The van der Waals surface area contributed by atoms with Gasteiger partial charge in [-0.15, -0.1) is 0 Å². The molecule has 0 saturated heterocycles. The van der Waals surface area contributed by atoms with E-state index in [0.717, 1.165) is 44.2 Å². The van der Waals surface area contributed by atoms with Crippen LogP contribution in [0.15, 0.2) is 54.9 Å². The van der Waals surface area contributed by atoms with Crippen molar-refractivity contribution in [1.82, 2.24) is 15.0 Å². The summed E-state index contributed by atoms with van der Waals surface area (Å²) in [6.45, 7) is 4.14. The SMILES string of the molecule is CC(C)c1c(-c2ccc3[nH]ccc3c2)[nH]c(C(=O)O)c1-c1c(Cl)ccc2[nH]ccc12. The van der Waals surface area contributed by atoms with E-state index in [2.05, 4.69) is 34.9 Å². The number of H-pyrrole nitrogens is 3. The molecule has 3 heterocycles. The molecule has 0 spiro atoms. The number of hydrogen-bond donors (Lipinski definition) is 4. The van der Waals surface area contributed by atoms with Crippen LogP contribution in [0.2, 0.25) is 5.02 Å². The molecule has 0 aliphatic rings. The van der Waals surface area contributed by atoms with Gasteiger partial charge in [-0.3, -0.25) is 0 Å². The molecule has 0 fully saturated rings. The number of nitrogens with one attached hydrogen (secondary N) is 3. The summed E-state index contributed by atoms with van der Waals surface area (Å²) < 4.78 is 0. The van der Waals surface area contributed by atoms with E-state index in [4.69, 9.17) is 11.6 Å². The zero-order chi connectivity index (χ0) is 21.0. The average molecular weight is 418 g/mol. The molecule has 2 aromatic carbocycles. The van der Waals surface area contributed by atoms with Crippen LogP contribution in [0.1, 0.15) is 35.8 Å². The molecule has 0 saturated carbocycles. The second-order valence-corrected chi connectivity index (χ2v) is 8.17. The molecule has 0 atom stereocenters. The number of aromatic carboxylic acids is 1. The third-order valence-corrected chi connectivity index (χ3v) is 5.92. The molecule has 0 unspecified atom stereocenters. The predicted octanol–water partition coefficient (Wildman–Crippen LogP) is 6.79. The van der Waals surface area contributed by atoms with Gasteiger partial charge in [-0.2, -0.15) is 0 Å². The van der Waals surface area contributed by atoms with Gasteiger partial charge in [0.15, 0.2) is 0 Å². The third-order valence-electron chi connectivity index (χ3n) is 5.61. The van der Waals surface area contributed by atoms with Crippen LogP contribution in [0.4, 0.5) is 0 Å². The van der Waals surface area contributed by atoms with E-state index in [1.165, 1.54) is 0 Å². The van der Waals surface area contributed by atoms with E-state index in [9.17, 15) is 9.90 Å². The molecule has 0 bridgehead atoms. The van der Waals surface area contributed by atoms with Crippen LogP contribution in [0.3, 0.4) is 0 Å². The van der Waals surface area contributed by atoms with E-state index in [1.54, 1.807) is 0 Å². The summed E-state index contributed by atoms with van der Waals surface area (Å²) in [6.07, 6.45) is 3.74. The third kappa shape index (κ3) is 2.74. The Morgan fingerprint density at radius 1 is 0.967 bits per heavy atom. The Morgan fingerprint density at radius 2 is 1.70 bits per heavy atom. The first-order valence-corrected chi connectivity index (χ1v) is 10.2. The van der Waals surface area contributed by atoms with E-state index in [0.29, 0.717) is 10.6 Å². The van der Waals surface area contributed by atoms with Gasteiger partial charge in [0, 0.05) is 50.3 Å². The molecule has 3 aromatic heterocycles. The number of halogens is 1. The molecule has 0 aliphatic carbocycles. The Kier molecular flexibility index (Phi) is 4.22. The van der Waals surface area contributed by atoms with Gasteiger partial charge >= 0.3 is 5.97 Å². The zero-order valence-corrected chi connectivity index (χ0v) is 17.3. The van der Waals surface area contributed by atoms with Crippen LogP contribution < -0.4 is 0 Å². The Morgan fingerprint density at radius 3 is 2.47 bits per heavy atom. The van der Waals surface area contributed by atoms with E-state index in [-0.39, 0.29) is 11.6 Å². The van der Waals surface area contributed by atoms with Gasteiger partial charge in [0.05, 0.1) is 5.69 Å². The average Bonchev–Trinajstić information content (AvgIpc) is 3.44. The van der Waals surface area contributed by atoms with E-state index >= 15 is 0 Å². The van der Waals surface area contributed by atoms with Gasteiger partial charge in [-0.1, -0.05) is 31.5 Å². The molecule has 0 amide bonds. The summed E-state index contributed by atoms with van der Waals surface area (Å²) in [4.78, 5) is 21.9. The Bertz CT molecular complexity index is 1420. The molecule has 0 radical (unpaired) electrons. The van der Waals surface area contributed by atoms with Gasteiger partial charge in [-0.05, 0) is 53.4 Å². The van der Waals surface area contributed by atoms with Crippen molar-refractivity contribution in [1.29, 1.82) is 0 Å². The number of carbonyl (C=O) groups is 1. The van der Waals surface area contributed by atoms with Crippen LogP contribution >= 0.6 is 11.6 Å². The lowest BCUT2D eigenvalue weighted by molar-refractivity contribution is 0.0692. The molecule has 5 aromatic rings. The largest absolute Gasteiger partial charge is 0.477 e. The van der Waals surface area contributed by atoms with Crippen LogP contribution in [-0.2, 0) is 0 Å². The smallest absolute Gasteiger partial charge is 0.352 e. The summed E-state index contributed by atoms with van der Waals surface area (Å²) in [7, 11) is 0. The van der Waals surface area contributed by atoms with Crippen molar-refractivity contribution in [3.63, 3.8) is 0 Å². The highest BCUT2D eigenvalue weighted by Gasteiger charge is 2.28. The molecule has 150 valence electrons. The van der Waals surface area contributed by atoms with Crippen molar-refractivity contribution in [2.24, 2.45) is 0 Å².